The highest BCUT2D eigenvalue weighted by molar-refractivity contribution is 7.21. The van der Waals surface area contributed by atoms with Crippen LogP contribution in [0.4, 0.5) is 0 Å². The van der Waals surface area contributed by atoms with Gasteiger partial charge in [0.05, 0.1) is 22.2 Å². The Labute approximate surface area is 246 Å². The molecule has 0 atom stereocenters. The van der Waals surface area contributed by atoms with E-state index in [1.165, 1.54) is 15.5 Å². The molecule has 3 heteroatoms. The van der Waals surface area contributed by atoms with Gasteiger partial charge in [0.15, 0.2) is 0 Å². The van der Waals surface area contributed by atoms with Crippen molar-refractivity contribution >= 4 is 89.8 Å². The number of nitrogens with zero attached hydrogens (tertiary/aromatic N) is 2. The van der Waals surface area contributed by atoms with E-state index < -0.39 is 0 Å². The number of thiophene rings is 1. The molecule has 3 heterocycles. The number of hydrogen-bond donors (Lipinski definition) is 0. The van der Waals surface area contributed by atoms with Crippen LogP contribution < -0.4 is 0 Å². The van der Waals surface area contributed by atoms with Crippen molar-refractivity contribution in [2.24, 2.45) is 0 Å². The van der Waals surface area contributed by atoms with Gasteiger partial charge in [-0.15, -0.1) is 11.3 Å². The van der Waals surface area contributed by atoms with Gasteiger partial charge in [-0.25, -0.2) is 0 Å². The molecular weight excluding hydrogens is 516 g/mol. The first-order chi connectivity index (χ1) is 20.0. The van der Waals surface area contributed by atoms with E-state index in [4.69, 9.17) is 0 Å². The van der Waals surface area contributed by atoms with Crippen LogP contribution in [0.15, 0.2) is 112 Å². The van der Waals surface area contributed by atoms with Gasteiger partial charge >= 0.3 is 0 Å². The zero-order valence-electron chi connectivity index (χ0n) is 23.8. The molecule has 2 nitrogen and oxygen atoms in total. The molecule has 0 bridgehead atoms. The van der Waals surface area contributed by atoms with Gasteiger partial charge in [0.1, 0.15) is 0 Å². The lowest BCUT2D eigenvalue weighted by atomic mass is 10.0. The van der Waals surface area contributed by atoms with E-state index in [9.17, 15) is 0 Å². The van der Waals surface area contributed by atoms with Crippen molar-refractivity contribution in [3.63, 3.8) is 0 Å². The first-order valence-corrected chi connectivity index (χ1v) is 14.4. The largest absolute Gasteiger partial charge is 0.309 e. The molecule has 0 saturated heterocycles. The Balaban J connectivity index is 2.24. The van der Waals surface area contributed by atoms with Crippen molar-refractivity contribution in [3.8, 4) is 0 Å². The van der Waals surface area contributed by atoms with E-state index >= 15 is 0 Å². The molecule has 5 aromatic rings. The van der Waals surface area contributed by atoms with Gasteiger partial charge in [-0.1, -0.05) is 106 Å². The zero-order valence-corrected chi connectivity index (χ0v) is 24.6. The van der Waals surface area contributed by atoms with Gasteiger partial charge in [-0.3, -0.25) is 0 Å². The number of allylic oxidation sites excluding steroid dienone is 10. The van der Waals surface area contributed by atoms with Crippen LogP contribution in [-0.4, -0.2) is 9.13 Å². The Hall–Kier alpha value is -4.86. The van der Waals surface area contributed by atoms with Gasteiger partial charge < -0.3 is 9.13 Å². The molecule has 41 heavy (non-hydrogen) atoms. The fourth-order valence-electron chi connectivity index (χ4n) is 5.77. The van der Waals surface area contributed by atoms with Gasteiger partial charge in [0.2, 0.25) is 0 Å². The highest BCUT2D eigenvalue weighted by Crippen LogP contribution is 2.50. The van der Waals surface area contributed by atoms with Crippen molar-refractivity contribution in [2.75, 3.05) is 0 Å². The molecule has 0 unspecified atom stereocenters. The maximum Gasteiger partial charge on any atom is 0.0655 e. The molecule has 0 fully saturated rings. The minimum atomic E-state index is 0.871. The topological polar surface area (TPSA) is 9.86 Å². The minimum Gasteiger partial charge on any atom is -0.309 e. The molecular formula is C38H34N2S. The van der Waals surface area contributed by atoms with E-state index in [1.54, 1.807) is 11.3 Å². The minimum absolute atomic E-state index is 0.871. The second-order valence-electron chi connectivity index (χ2n) is 9.53. The van der Waals surface area contributed by atoms with Crippen LogP contribution in [0.5, 0.6) is 0 Å². The van der Waals surface area contributed by atoms with Crippen LogP contribution >= 0.6 is 11.3 Å². The molecule has 202 valence electrons. The van der Waals surface area contributed by atoms with Crippen molar-refractivity contribution in [1.29, 1.82) is 0 Å². The third-order valence-corrected chi connectivity index (χ3v) is 8.61. The van der Waals surface area contributed by atoms with Gasteiger partial charge in [0, 0.05) is 53.6 Å². The van der Waals surface area contributed by atoms with Crippen LogP contribution in [0.3, 0.4) is 0 Å². The first-order valence-electron chi connectivity index (χ1n) is 13.6. The zero-order chi connectivity index (χ0) is 29.3. The van der Waals surface area contributed by atoms with Crippen LogP contribution in [0.1, 0.15) is 35.5 Å². The summed E-state index contributed by atoms with van der Waals surface area (Å²) >= 11 is 1.74. The van der Waals surface area contributed by atoms with E-state index in [0.717, 1.165) is 60.4 Å². The van der Waals surface area contributed by atoms with E-state index in [0.29, 0.717) is 0 Å². The second kappa shape index (κ2) is 11.3. The van der Waals surface area contributed by atoms with Gasteiger partial charge in [-0.05, 0) is 44.2 Å². The van der Waals surface area contributed by atoms with Crippen LogP contribution in [0.25, 0.3) is 78.5 Å². The molecule has 0 N–H and O–H groups in total. The number of hydrogen-bond acceptors (Lipinski definition) is 1. The smallest absolute Gasteiger partial charge is 0.0655 e. The normalized spacial score (nSPS) is 12.6. The lowest BCUT2D eigenvalue weighted by Gasteiger charge is -2.13. The molecule has 0 radical (unpaired) electrons. The maximum absolute atomic E-state index is 4.53. The molecule has 0 saturated carbocycles. The third kappa shape index (κ3) is 4.09. The van der Waals surface area contributed by atoms with E-state index in [2.05, 4.69) is 85.0 Å². The van der Waals surface area contributed by atoms with Crippen molar-refractivity contribution < 1.29 is 0 Å². The summed E-state index contributed by atoms with van der Waals surface area (Å²) in [7, 11) is 0. The summed E-state index contributed by atoms with van der Waals surface area (Å²) in [6, 6.07) is 8.54. The molecule has 0 aliphatic carbocycles. The fraction of sp³-hybridized carbons (Fsp3) is 0.0526. The quantitative estimate of drug-likeness (QED) is 0.153. The van der Waals surface area contributed by atoms with Crippen LogP contribution in [-0.2, 0) is 0 Å². The second-order valence-corrected chi connectivity index (χ2v) is 10.6. The summed E-state index contributed by atoms with van der Waals surface area (Å²) in [5.41, 5.74) is 8.07. The Morgan fingerprint density at radius 3 is 2.10 bits per heavy atom. The van der Waals surface area contributed by atoms with Crippen molar-refractivity contribution in [2.45, 2.75) is 13.8 Å². The first kappa shape index (κ1) is 27.7. The monoisotopic (exact) mass is 550 g/mol. The summed E-state index contributed by atoms with van der Waals surface area (Å²) in [6.45, 7) is 29.6. The molecule has 0 spiro atoms. The predicted molar refractivity (Wildman–Crippen MR) is 189 cm³/mol. The maximum atomic E-state index is 4.53. The Bertz CT molecular complexity index is 2050. The number of para-hydroxylation sites is 1. The molecule has 0 aliphatic heterocycles. The molecule has 0 aliphatic rings. The lowest BCUT2D eigenvalue weighted by Crippen LogP contribution is -1.98. The van der Waals surface area contributed by atoms with E-state index in [1.807, 2.05) is 74.6 Å². The average Bonchev–Trinajstić information content (AvgIpc) is 3.64. The average molecular weight is 551 g/mol. The summed E-state index contributed by atoms with van der Waals surface area (Å²) < 4.78 is 5.71. The van der Waals surface area contributed by atoms with Crippen LogP contribution in [0, 0.1) is 0 Å². The number of rotatable bonds is 10. The summed E-state index contributed by atoms with van der Waals surface area (Å²) in [6.07, 6.45) is 23.8. The highest BCUT2D eigenvalue weighted by Gasteiger charge is 2.28. The van der Waals surface area contributed by atoms with Gasteiger partial charge in [-0.2, -0.15) is 0 Å². The molecule has 0 amide bonds. The van der Waals surface area contributed by atoms with Crippen LogP contribution in [0.2, 0.25) is 0 Å². The summed E-state index contributed by atoms with van der Waals surface area (Å²) in [5, 5.41) is 4.56. The lowest BCUT2D eigenvalue weighted by molar-refractivity contribution is 1.16. The number of fused-ring (bicyclic) bond motifs is 8. The van der Waals surface area contributed by atoms with E-state index in [-0.39, 0.29) is 0 Å². The Morgan fingerprint density at radius 1 is 0.756 bits per heavy atom. The van der Waals surface area contributed by atoms with Gasteiger partial charge in [0.25, 0.3) is 0 Å². The summed E-state index contributed by atoms with van der Waals surface area (Å²) in [4.78, 5) is 1.08. The molecule has 3 aromatic heterocycles. The number of aromatic nitrogens is 2. The Kier molecular flexibility index (Phi) is 7.65. The SMILES string of the molecule is C=C/C(=C\C=C/C)n1c(C=C)c(C=C)c2c1c1c(C=C)c(C=C)sc1c1c3ccccc3n(C(=C)/C=C\C=C/C)c21. The fourth-order valence-corrected chi connectivity index (χ4v) is 6.99. The third-order valence-electron chi connectivity index (χ3n) is 7.39. The Morgan fingerprint density at radius 2 is 1.46 bits per heavy atom. The van der Waals surface area contributed by atoms with Crippen molar-refractivity contribution in [1.82, 2.24) is 9.13 Å². The predicted octanol–water partition coefficient (Wildman–Crippen LogP) is 11.7. The molecule has 5 rings (SSSR count). The standard InChI is InChI=1S/C38H34N2S/c1-9-16-18-21-25(8)39-31-24-20-19-23-29(31)35-36(39)33-27(12-4)30(14-6)40(26(11-3)22-17-10-2)37(33)34-28(13-5)32(15-7)41-38(34)35/h9-24H,3-8H2,1-2H3/b16-9-,17-10-,21-18-,26-22+. The molecule has 2 aromatic carbocycles. The number of benzene rings is 2. The summed E-state index contributed by atoms with van der Waals surface area (Å²) in [5.74, 6) is 0. The van der Waals surface area contributed by atoms with Crippen molar-refractivity contribution in [3.05, 3.63) is 134 Å². The highest BCUT2D eigenvalue weighted by atomic mass is 32.1.